The molecule has 0 N–H and O–H groups in total. The Labute approximate surface area is 129 Å². The summed E-state index contributed by atoms with van der Waals surface area (Å²) in [5.41, 5.74) is 0.586. The van der Waals surface area contributed by atoms with Gasteiger partial charge >= 0.3 is 0 Å². The molecular formula is C15H11BrClFO2. The van der Waals surface area contributed by atoms with E-state index in [1.54, 1.807) is 12.1 Å². The molecule has 2 nitrogen and oxygen atoms in total. The second kappa shape index (κ2) is 6.37. The van der Waals surface area contributed by atoms with Gasteiger partial charge in [0.2, 0.25) is 0 Å². The molecule has 0 unspecified atom stereocenters. The Morgan fingerprint density at radius 1 is 1.35 bits per heavy atom. The standard InChI is InChI=1S/C15H11BrClFO2/c1-20-14-6-5-10(16)7-9(14)8-13(19)15-11(17)3-2-4-12(15)18/h2-7H,8H2,1H3. The summed E-state index contributed by atoms with van der Waals surface area (Å²) in [6.07, 6.45) is 0.0171. The van der Waals surface area contributed by atoms with E-state index in [2.05, 4.69) is 15.9 Å². The van der Waals surface area contributed by atoms with Crippen molar-refractivity contribution in [3.8, 4) is 5.75 Å². The summed E-state index contributed by atoms with van der Waals surface area (Å²) in [5, 5.41) is 0.115. The van der Waals surface area contributed by atoms with Crippen LogP contribution in [0.4, 0.5) is 4.39 Å². The molecule has 0 fully saturated rings. The normalized spacial score (nSPS) is 10.4. The first kappa shape index (κ1) is 15.0. The van der Waals surface area contributed by atoms with E-state index in [9.17, 15) is 9.18 Å². The second-order valence-electron chi connectivity index (χ2n) is 4.15. The zero-order valence-corrected chi connectivity index (χ0v) is 13.0. The van der Waals surface area contributed by atoms with Gasteiger partial charge in [0.05, 0.1) is 17.7 Å². The van der Waals surface area contributed by atoms with Crippen LogP contribution in [0.25, 0.3) is 0 Å². The van der Waals surface area contributed by atoms with Crippen molar-refractivity contribution in [3.05, 3.63) is 62.8 Å². The molecule has 0 aliphatic rings. The van der Waals surface area contributed by atoms with Crippen LogP contribution in [-0.4, -0.2) is 12.9 Å². The minimum absolute atomic E-state index is 0.0171. The van der Waals surface area contributed by atoms with Gasteiger partial charge in [0.25, 0.3) is 0 Å². The topological polar surface area (TPSA) is 26.3 Å². The average molecular weight is 358 g/mol. The van der Waals surface area contributed by atoms with Gasteiger partial charge in [-0.3, -0.25) is 4.79 Å². The molecule has 0 radical (unpaired) electrons. The molecule has 0 amide bonds. The first-order chi connectivity index (χ1) is 9.52. The summed E-state index contributed by atoms with van der Waals surface area (Å²) >= 11 is 9.23. The fraction of sp³-hybridized carbons (Fsp3) is 0.133. The molecule has 0 aromatic heterocycles. The highest BCUT2D eigenvalue weighted by Crippen LogP contribution is 2.26. The lowest BCUT2D eigenvalue weighted by Crippen LogP contribution is -2.08. The number of hydrogen-bond donors (Lipinski definition) is 0. The van der Waals surface area contributed by atoms with Gasteiger partial charge in [-0.05, 0) is 30.3 Å². The smallest absolute Gasteiger partial charge is 0.171 e. The number of halogens is 3. The van der Waals surface area contributed by atoms with Crippen molar-refractivity contribution in [1.29, 1.82) is 0 Å². The van der Waals surface area contributed by atoms with E-state index in [1.807, 2.05) is 6.07 Å². The Balaban J connectivity index is 2.35. The number of ether oxygens (including phenoxy) is 1. The Morgan fingerprint density at radius 2 is 2.10 bits per heavy atom. The van der Waals surface area contributed by atoms with E-state index >= 15 is 0 Å². The Kier molecular flexibility index (Phi) is 4.78. The molecule has 0 saturated carbocycles. The van der Waals surface area contributed by atoms with Gasteiger partial charge in [-0.25, -0.2) is 4.39 Å². The van der Waals surface area contributed by atoms with Gasteiger partial charge in [0.15, 0.2) is 5.78 Å². The van der Waals surface area contributed by atoms with E-state index in [-0.39, 0.29) is 22.8 Å². The third kappa shape index (κ3) is 3.19. The maximum Gasteiger partial charge on any atom is 0.171 e. The Morgan fingerprint density at radius 3 is 2.75 bits per heavy atom. The number of rotatable bonds is 4. The number of ketones is 1. The molecule has 2 aromatic rings. The summed E-state index contributed by atoms with van der Waals surface area (Å²) in [7, 11) is 1.52. The van der Waals surface area contributed by atoms with Crippen LogP contribution >= 0.6 is 27.5 Å². The number of hydrogen-bond acceptors (Lipinski definition) is 2. The van der Waals surface area contributed by atoms with Gasteiger partial charge in [0.1, 0.15) is 11.6 Å². The van der Waals surface area contributed by atoms with Crippen molar-refractivity contribution in [2.24, 2.45) is 0 Å². The largest absolute Gasteiger partial charge is 0.496 e. The quantitative estimate of drug-likeness (QED) is 0.743. The van der Waals surface area contributed by atoms with Crippen molar-refractivity contribution in [2.45, 2.75) is 6.42 Å². The number of carbonyl (C=O) groups excluding carboxylic acids is 1. The SMILES string of the molecule is COc1ccc(Br)cc1CC(=O)c1c(F)cccc1Cl. The average Bonchev–Trinajstić information content (AvgIpc) is 2.38. The fourth-order valence-corrected chi connectivity index (χ4v) is 2.59. The molecule has 0 spiro atoms. The number of benzene rings is 2. The summed E-state index contributed by atoms with van der Waals surface area (Å²) < 4.78 is 19.7. The van der Waals surface area contributed by atoms with E-state index in [0.29, 0.717) is 11.3 Å². The maximum atomic E-state index is 13.7. The van der Waals surface area contributed by atoms with E-state index < -0.39 is 5.82 Å². The molecule has 104 valence electrons. The lowest BCUT2D eigenvalue weighted by atomic mass is 10.0. The number of methoxy groups -OCH3 is 1. The lowest BCUT2D eigenvalue weighted by Gasteiger charge is -2.09. The predicted octanol–water partition coefficient (Wildman–Crippen LogP) is 4.68. The summed E-state index contributed by atoms with van der Waals surface area (Å²) in [6, 6.07) is 9.51. The Bertz CT molecular complexity index is 638. The molecule has 20 heavy (non-hydrogen) atoms. The first-order valence-corrected chi connectivity index (χ1v) is 6.99. The molecule has 0 atom stereocenters. The minimum Gasteiger partial charge on any atom is -0.496 e. The molecule has 5 heteroatoms. The highest BCUT2D eigenvalue weighted by Gasteiger charge is 2.18. The van der Waals surface area contributed by atoms with Crippen LogP contribution in [0.3, 0.4) is 0 Å². The van der Waals surface area contributed by atoms with Gasteiger partial charge < -0.3 is 4.74 Å². The molecule has 0 bridgehead atoms. The molecule has 0 aliphatic heterocycles. The van der Waals surface area contributed by atoms with Crippen molar-refractivity contribution in [1.82, 2.24) is 0 Å². The van der Waals surface area contributed by atoms with Gasteiger partial charge in [-0.1, -0.05) is 33.6 Å². The van der Waals surface area contributed by atoms with Crippen LogP contribution in [0.15, 0.2) is 40.9 Å². The molecule has 0 aliphatic carbocycles. The van der Waals surface area contributed by atoms with E-state index in [1.165, 1.54) is 25.3 Å². The van der Waals surface area contributed by atoms with Crippen LogP contribution in [0.2, 0.25) is 5.02 Å². The molecule has 0 heterocycles. The minimum atomic E-state index is -0.614. The monoisotopic (exact) mass is 356 g/mol. The van der Waals surface area contributed by atoms with Crippen LogP contribution in [-0.2, 0) is 6.42 Å². The van der Waals surface area contributed by atoms with Crippen molar-refractivity contribution >= 4 is 33.3 Å². The van der Waals surface area contributed by atoms with Gasteiger partial charge in [-0.2, -0.15) is 0 Å². The molecule has 0 saturated heterocycles. The van der Waals surface area contributed by atoms with E-state index in [0.717, 1.165) is 4.47 Å². The Hall–Kier alpha value is -1.39. The van der Waals surface area contributed by atoms with Crippen LogP contribution in [0, 0.1) is 5.82 Å². The second-order valence-corrected chi connectivity index (χ2v) is 5.48. The molecular weight excluding hydrogens is 347 g/mol. The fourth-order valence-electron chi connectivity index (χ4n) is 1.91. The van der Waals surface area contributed by atoms with Crippen molar-refractivity contribution in [2.75, 3.05) is 7.11 Å². The summed E-state index contributed by atoms with van der Waals surface area (Å²) in [6.45, 7) is 0. The lowest BCUT2D eigenvalue weighted by molar-refractivity contribution is 0.0988. The van der Waals surface area contributed by atoms with Crippen molar-refractivity contribution < 1.29 is 13.9 Å². The van der Waals surface area contributed by atoms with Gasteiger partial charge in [-0.15, -0.1) is 0 Å². The predicted molar refractivity (Wildman–Crippen MR) is 80.1 cm³/mol. The molecule has 2 rings (SSSR count). The first-order valence-electron chi connectivity index (χ1n) is 5.82. The van der Waals surface area contributed by atoms with Gasteiger partial charge in [0, 0.05) is 16.5 Å². The third-order valence-corrected chi connectivity index (χ3v) is 3.64. The van der Waals surface area contributed by atoms with Crippen LogP contribution < -0.4 is 4.74 Å². The zero-order valence-electron chi connectivity index (χ0n) is 10.6. The third-order valence-electron chi connectivity index (χ3n) is 2.84. The highest BCUT2D eigenvalue weighted by molar-refractivity contribution is 9.10. The van der Waals surface area contributed by atoms with Crippen molar-refractivity contribution in [3.63, 3.8) is 0 Å². The van der Waals surface area contributed by atoms with Crippen LogP contribution in [0.5, 0.6) is 5.75 Å². The summed E-state index contributed by atoms with van der Waals surface area (Å²) in [5.74, 6) is -0.421. The van der Waals surface area contributed by atoms with Crippen LogP contribution in [0.1, 0.15) is 15.9 Å². The highest BCUT2D eigenvalue weighted by atomic mass is 79.9. The van der Waals surface area contributed by atoms with E-state index in [4.69, 9.17) is 16.3 Å². The number of Topliss-reactive ketones (excluding diaryl/α,β-unsaturated/α-hetero) is 1. The molecule has 2 aromatic carbocycles. The maximum absolute atomic E-state index is 13.7. The number of carbonyl (C=O) groups is 1. The zero-order chi connectivity index (χ0) is 14.7. The summed E-state index contributed by atoms with van der Waals surface area (Å²) in [4.78, 5) is 12.2.